The highest BCUT2D eigenvalue weighted by Crippen LogP contribution is 2.49. The fourth-order valence-corrected chi connectivity index (χ4v) is 3.63. The summed E-state index contributed by atoms with van der Waals surface area (Å²) in [4.78, 5) is 7.57. The van der Waals surface area contributed by atoms with Crippen molar-refractivity contribution in [1.82, 2.24) is 9.97 Å². The zero-order chi connectivity index (χ0) is 13.6. The number of hydrogen-bond acceptors (Lipinski definition) is 3. The summed E-state index contributed by atoms with van der Waals surface area (Å²) in [5, 5.41) is 0. The molecule has 1 N–H and O–H groups in total. The van der Waals surface area contributed by atoms with E-state index in [1.807, 2.05) is 24.4 Å². The minimum Gasteiger partial charge on any atom is -0.482 e. The first kappa shape index (κ1) is 12.1. The van der Waals surface area contributed by atoms with Crippen LogP contribution in [0.3, 0.4) is 0 Å². The van der Waals surface area contributed by atoms with Crippen molar-refractivity contribution in [3.63, 3.8) is 0 Å². The van der Waals surface area contributed by atoms with Crippen LogP contribution in [0, 0.1) is 4.77 Å². The topological polar surface area (TPSA) is 37.9 Å². The minimum atomic E-state index is -0.214. The van der Waals surface area contributed by atoms with Gasteiger partial charge in [0.05, 0.1) is 5.69 Å². The molecule has 1 aliphatic heterocycles. The molecule has 0 atom stereocenters. The van der Waals surface area contributed by atoms with Gasteiger partial charge in [-0.3, -0.25) is 0 Å². The van der Waals surface area contributed by atoms with E-state index in [-0.39, 0.29) is 5.60 Å². The van der Waals surface area contributed by atoms with Crippen molar-refractivity contribution in [2.75, 3.05) is 0 Å². The maximum absolute atomic E-state index is 6.43. The molecular weight excluding hydrogens is 268 g/mol. The van der Waals surface area contributed by atoms with Gasteiger partial charge in [-0.2, -0.15) is 0 Å². The van der Waals surface area contributed by atoms with Crippen molar-refractivity contribution in [2.45, 2.75) is 37.7 Å². The highest BCUT2D eigenvalue weighted by atomic mass is 32.1. The molecule has 20 heavy (non-hydrogen) atoms. The van der Waals surface area contributed by atoms with Crippen LogP contribution >= 0.6 is 12.2 Å². The number of H-pyrrole nitrogens is 1. The van der Waals surface area contributed by atoms with E-state index in [0.29, 0.717) is 4.77 Å². The Morgan fingerprint density at radius 2 is 1.95 bits per heavy atom. The lowest BCUT2D eigenvalue weighted by atomic mass is 9.77. The molecule has 3 nitrogen and oxygen atoms in total. The Balaban J connectivity index is 1.99. The van der Waals surface area contributed by atoms with E-state index in [2.05, 4.69) is 16.0 Å². The number of rotatable bonds is 0. The highest BCUT2D eigenvalue weighted by Gasteiger charge is 2.42. The second kappa shape index (κ2) is 4.42. The maximum Gasteiger partial charge on any atom is 0.197 e. The maximum atomic E-state index is 6.43. The predicted molar refractivity (Wildman–Crippen MR) is 80.2 cm³/mol. The Labute approximate surface area is 123 Å². The number of para-hydroxylation sites is 1. The average Bonchev–Trinajstić information content (AvgIpc) is 2.48. The smallest absolute Gasteiger partial charge is 0.197 e. The molecule has 1 fully saturated rings. The van der Waals surface area contributed by atoms with E-state index in [4.69, 9.17) is 17.0 Å². The third kappa shape index (κ3) is 1.71. The molecule has 4 heteroatoms. The standard InChI is InChI=1S/C16H16N2OS/c20-15-17-10-12-14(18-15)11-6-2-3-7-13(11)19-16(12)8-4-1-5-9-16/h2-3,6-7,10H,1,4-5,8-9H2,(H,17,18,20). The fraction of sp³-hybridized carbons (Fsp3) is 0.375. The first-order valence-electron chi connectivity index (χ1n) is 7.17. The lowest BCUT2D eigenvalue weighted by Gasteiger charge is -2.42. The molecule has 0 saturated heterocycles. The zero-order valence-electron chi connectivity index (χ0n) is 11.2. The molecule has 2 aliphatic rings. The molecule has 0 radical (unpaired) electrons. The third-order valence-electron chi connectivity index (χ3n) is 4.43. The largest absolute Gasteiger partial charge is 0.482 e. The number of ether oxygens (including phenoxy) is 1. The van der Waals surface area contributed by atoms with Gasteiger partial charge >= 0.3 is 0 Å². The molecule has 2 aromatic rings. The van der Waals surface area contributed by atoms with Crippen molar-refractivity contribution < 1.29 is 4.74 Å². The van der Waals surface area contributed by atoms with Gasteiger partial charge in [0, 0.05) is 17.3 Å². The molecule has 0 bridgehead atoms. The van der Waals surface area contributed by atoms with Gasteiger partial charge < -0.3 is 9.72 Å². The summed E-state index contributed by atoms with van der Waals surface area (Å²) in [6, 6.07) is 8.18. The van der Waals surface area contributed by atoms with Gasteiger partial charge in [-0.1, -0.05) is 18.6 Å². The summed E-state index contributed by atoms with van der Waals surface area (Å²) in [6.07, 6.45) is 7.73. The first-order valence-corrected chi connectivity index (χ1v) is 7.58. The van der Waals surface area contributed by atoms with Crippen LogP contribution in [0.15, 0.2) is 30.5 Å². The molecule has 1 saturated carbocycles. The normalized spacial score (nSPS) is 19.0. The molecule has 1 aromatic carbocycles. The van der Waals surface area contributed by atoms with E-state index in [1.54, 1.807) is 0 Å². The summed E-state index contributed by atoms with van der Waals surface area (Å²) in [7, 11) is 0. The summed E-state index contributed by atoms with van der Waals surface area (Å²) in [5.74, 6) is 0.957. The van der Waals surface area contributed by atoms with Crippen LogP contribution in [-0.4, -0.2) is 9.97 Å². The molecule has 1 spiro atoms. The molecule has 4 rings (SSSR count). The number of aromatic nitrogens is 2. The van der Waals surface area contributed by atoms with E-state index in [9.17, 15) is 0 Å². The molecule has 0 amide bonds. The Morgan fingerprint density at radius 3 is 2.80 bits per heavy atom. The zero-order valence-corrected chi connectivity index (χ0v) is 12.0. The van der Waals surface area contributed by atoms with Crippen molar-refractivity contribution in [3.05, 3.63) is 40.8 Å². The Bertz CT molecular complexity index is 716. The highest BCUT2D eigenvalue weighted by molar-refractivity contribution is 7.71. The summed E-state index contributed by atoms with van der Waals surface area (Å²) in [6.45, 7) is 0. The van der Waals surface area contributed by atoms with Gasteiger partial charge in [0.1, 0.15) is 11.4 Å². The van der Waals surface area contributed by atoms with Gasteiger partial charge in [0.2, 0.25) is 0 Å². The van der Waals surface area contributed by atoms with Gasteiger partial charge in [-0.15, -0.1) is 0 Å². The summed E-state index contributed by atoms with van der Waals surface area (Å²) >= 11 is 5.21. The van der Waals surface area contributed by atoms with Crippen LogP contribution in [0.5, 0.6) is 5.75 Å². The van der Waals surface area contributed by atoms with Crippen molar-refractivity contribution in [3.8, 4) is 17.0 Å². The van der Waals surface area contributed by atoms with E-state index in [0.717, 1.165) is 29.8 Å². The third-order valence-corrected chi connectivity index (χ3v) is 4.63. The van der Waals surface area contributed by atoms with Gasteiger partial charge in [0.15, 0.2) is 4.77 Å². The van der Waals surface area contributed by atoms with Crippen LogP contribution in [-0.2, 0) is 5.60 Å². The second-order valence-electron chi connectivity index (χ2n) is 5.63. The number of nitrogens with one attached hydrogen (secondary N) is 1. The molecule has 1 aliphatic carbocycles. The predicted octanol–water partition coefficient (Wildman–Crippen LogP) is 4.36. The second-order valence-corrected chi connectivity index (χ2v) is 6.02. The van der Waals surface area contributed by atoms with Gasteiger partial charge in [0.25, 0.3) is 0 Å². The number of benzene rings is 1. The summed E-state index contributed by atoms with van der Waals surface area (Å²) in [5.41, 5.74) is 3.14. The fourth-order valence-electron chi connectivity index (χ4n) is 3.47. The van der Waals surface area contributed by atoms with Crippen molar-refractivity contribution >= 4 is 12.2 Å². The van der Waals surface area contributed by atoms with Crippen molar-refractivity contribution in [2.24, 2.45) is 0 Å². The number of hydrogen-bond donors (Lipinski definition) is 1. The van der Waals surface area contributed by atoms with Crippen LogP contribution in [0.25, 0.3) is 11.3 Å². The van der Waals surface area contributed by atoms with E-state index < -0.39 is 0 Å². The lowest BCUT2D eigenvalue weighted by molar-refractivity contribution is 0.0232. The Kier molecular flexibility index (Phi) is 2.67. The van der Waals surface area contributed by atoms with Crippen LogP contribution in [0.4, 0.5) is 0 Å². The SMILES string of the molecule is S=c1ncc2c([nH]1)-c1ccccc1OC21CCCCC1. The molecule has 1 aromatic heterocycles. The van der Waals surface area contributed by atoms with Crippen LogP contribution < -0.4 is 4.74 Å². The molecular formula is C16H16N2OS. The van der Waals surface area contributed by atoms with E-state index >= 15 is 0 Å². The number of fused-ring (bicyclic) bond motifs is 4. The molecule has 0 unspecified atom stereocenters. The Hall–Kier alpha value is -1.68. The molecule has 102 valence electrons. The number of nitrogens with zero attached hydrogens (tertiary/aromatic N) is 1. The number of aromatic amines is 1. The Morgan fingerprint density at radius 1 is 1.15 bits per heavy atom. The van der Waals surface area contributed by atoms with Crippen molar-refractivity contribution in [1.29, 1.82) is 0 Å². The quantitative estimate of drug-likeness (QED) is 0.730. The van der Waals surface area contributed by atoms with E-state index in [1.165, 1.54) is 24.8 Å². The summed E-state index contributed by atoms with van der Waals surface area (Å²) < 4.78 is 6.97. The first-order chi connectivity index (χ1) is 9.78. The van der Waals surface area contributed by atoms with Crippen LogP contribution in [0.2, 0.25) is 0 Å². The van der Waals surface area contributed by atoms with Crippen LogP contribution in [0.1, 0.15) is 37.7 Å². The average molecular weight is 284 g/mol. The van der Waals surface area contributed by atoms with Gasteiger partial charge in [-0.05, 0) is 50.0 Å². The minimum absolute atomic E-state index is 0.214. The van der Waals surface area contributed by atoms with Gasteiger partial charge in [-0.25, -0.2) is 4.98 Å². The monoisotopic (exact) mass is 284 g/mol. The molecule has 2 heterocycles. The lowest BCUT2D eigenvalue weighted by Crippen LogP contribution is -2.38.